The third kappa shape index (κ3) is 4.59. The first kappa shape index (κ1) is 13.4. The highest BCUT2D eigenvalue weighted by molar-refractivity contribution is 4.85. The highest BCUT2D eigenvalue weighted by Gasteiger charge is 2.28. The molecule has 0 aromatic carbocycles. The van der Waals surface area contributed by atoms with Gasteiger partial charge in [0.25, 0.3) is 0 Å². The van der Waals surface area contributed by atoms with Crippen LogP contribution in [0.3, 0.4) is 0 Å². The van der Waals surface area contributed by atoms with Crippen LogP contribution in [0, 0.1) is 5.92 Å². The van der Waals surface area contributed by atoms with Gasteiger partial charge in [-0.2, -0.15) is 0 Å². The Hall–Kier alpha value is -0.0800. The lowest BCUT2D eigenvalue weighted by Crippen LogP contribution is -2.39. The SMILES string of the molecule is CCCN(CCNC1CCC(C)CC1)C1CC1. The summed E-state index contributed by atoms with van der Waals surface area (Å²) in [7, 11) is 0. The monoisotopic (exact) mass is 238 g/mol. The van der Waals surface area contributed by atoms with Crippen molar-refractivity contribution in [2.24, 2.45) is 5.92 Å². The minimum Gasteiger partial charge on any atom is -0.313 e. The van der Waals surface area contributed by atoms with Gasteiger partial charge in [-0.25, -0.2) is 0 Å². The Bertz CT molecular complexity index is 205. The molecule has 2 nitrogen and oxygen atoms in total. The van der Waals surface area contributed by atoms with Crippen molar-refractivity contribution in [3.8, 4) is 0 Å². The zero-order chi connectivity index (χ0) is 12.1. The van der Waals surface area contributed by atoms with Crippen LogP contribution in [0.4, 0.5) is 0 Å². The maximum atomic E-state index is 3.77. The standard InChI is InChI=1S/C15H30N2/c1-3-11-17(15-8-9-15)12-10-16-14-6-4-13(2)5-7-14/h13-16H,3-12H2,1-2H3. The van der Waals surface area contributed by atoms with Crippen LogP contribution in [0.1, 0.15) is 58.8 Å². The minimum absolute atomic E-state index is 0.814. The van der Waals surface area contributed by atoms with Crippen molar-refractivity contribution in [1.29, 1.82) is 0 Å². The van der Waals surface area contributed by atoms with Gasteiger partial charge >= 0.3 is 0 Å². The molecular formula is C15H30N2. The van der Waals surface area contributed by atoms with Crippen molar-refractivity contribution >= 4 is 0 Å². The van der Waals surface area contributed by atoms with Crippen LogP contribution in [-0.2, 0) is 0 Å². The Balaban J connectivity index is 1.58. The quantitative estimate of drug-likeness (QED) is 0.733. The van der Waals surface area contributed by atoms with E-state index in [4.69, 9.17) is 0 Å². The van der Waals surface area contributed by atoms with E-state index >= 15 is 0 Å². The average Bonchev–Trinajstić information content (AvgIpc) is 3.15. The van der Waals surface area contributed by atoms with Gasteiger partial charge in [0.1, 0.15) is 0 Å². The fourth-order valence-electron chi connectivity index (χ4n) is 3.08. The number of hydrogen-bond donors (Lipinski definition) is 1. The summed E-state index contributed by atoms with van der Waals surface area (Å²) in [6, 6.07) is 1.75. The first-order chi connectivity index (χ1) is 8.29. The molecule has 2 aliphatic rings. The van der Waals surface area contributed by atoms with E-state index < -0.39 is 0 Å². The van der Waals surface area contributed by atoms with E-state index in [0.717, 1.165) is 18.0 Å². The second-order valence-corrected chi connectivity index (χ2v) is 6.18. The van der Waals surface area contributed by atoms with E-state index in [2.05, 4.69) is 24.1 Å². The zero-order valence-corrected chi connectivity index (χ0v) is 11.8. The predicted molar refractivity (Wildman–Crippen MR) is 74.3 cm³/mol. The fourth-order valence-corrected chi connectivity index (χ4v) is 3.08. The van der Waals surface area contributed by atoms with Gasteiger partial charge in [0.05, 0.1) is 0 Å². The van der Waals surface area contributed by atoms with Crippen LogP contribution in [0.25, 0.3) is 0 Å². The summed E-state index contributed by atoms with van der Waals surface area (Å²) in [6.07, 6.45) is 9.86. The smallest absolute Gasteiger partial charge is 0.0110 e. The molecule has 2 aliphatic carbocycles. The van der Waals surface area contributed by atoms with Crippen molar-refractivity contribution in [3.63, 3.8) is 0 Å². The number of rotatable bonds is 7. The summed E-state index contributed by atoms with van der Waals surface area (Å²) in [4.78, 5) is 2.69. The van der Waals surface area contributed by atoms with Crippen molar-refractivity contribution < 1.29 is 0 Å². The first-order valence-electron chi connectivity index (χ1n) is 7.77. The Morgan fingerprint density at radius 3 is 2.29 bits per heavy atom. The van der Waals surface area contributed by atoms with Gasteiger partial charge in [-0.1, -0.05) is 13.8 Å². The average molecular weight is 238 g/mol. The molecule has 0 saturated heterocycles. The number of nitrogens with zero attached hydrogens (tertiary/aromatic N) is 1. The second kappa shape index (κ2) is 6.75. The molecule has 0 unspecified atom stereocenters. The lowest BCUT2D eigenvalue weighted by atomic mass is 9.87. The van der Waals surface area contributed by atoms with Gasteiger partial charge in [0.15, 0.2) is 0 Å². The van der Waals surface area contributed by atoms with E-state index in [0.29, 0.717) is 0 Å². The number of hydrogen-bond acceptors (Lipinski definition) is 2. The summed E-state index contributed by atoms with van der Waals surface area (Å²) in [6.45, 7) is 8.46. The van der Waals surface area contributed by atoms with Crippen LogP contribution < -0.4 is 5.32 Å². The van der Waals surface area contributed by atoms with Gasteiger partial charge in [-0.05, 0) is 57.4 Å². The molecule has 2 heteroatoms. The van der Waals surface area contributed by atoms with Crippen LogP contribution in [0.15, 0.2) is 0 Å². The Labute approximate surface area is 107 Å². The molecule has 0 spiro atoms. The Morgan fingerprint density at radius 1 is 1.00 bits per heavy atom. The molecular weight excluding hydrogens is 208 g/mol. The normalized spacial score (nSPS) is 29.8. The van der Waals surface area contributed by atoms with E-state index in [-0.39, 0.29) is 0 Å². The third-order valence-corrected chi connectivity index (χ3v) is 4.42. The zero-order valence-electron chi connectivity index (χ0n) is 11.8. The van der Waals surface area contributed by atoms with Crippen LogP contribution in [0.2, 0.25) is 0 Å². The summed E-state index contributed by atoms with van der Waals surface area (Å²) in [5.41, 5.74) is 0. The maximum absolute atomic E-state index is 3.77. The molecule has 2 rings (SSSR count). The summed E-state index contributed by atoms with van der Waals surface area (Å²) in [5, 5.41) is 3.77. The molecule has 0 aromatic heterocycles. The maximum Gasteiger partial charge on any atom is 0.0110 e. The highest BCUT2D eigenvalue weighted by atomic mass is 15.2. The molecule has 0 aliphatic heterocycles. The first-order valence-corrected chi connectivity index (χ1v) is 7.77. The van der Waals surface area contributed by atoms with E-state index in [1.54, 1.807) is 0 Å². The molecule has 0 radical (unpaired) electrons. The van der Waals surface area contributed by atoms with Gasteiger partial charge in [0.2, 0.25) is 0 Å². The molecule has 0 bridgehead atoms. The van der Waals surface area contributed by atoms with E-state index in [1.807, 2.05) is 0 Å². The molecule has 2 saturated carbocycles. The van der Waals surface area contributed by atoms with Crippen LogP contribution >= 0.6 is 0 Å². The van der Waals surface area contributed by atoms with Crippen molar-refractivity contribution in [3.05, 3.63) is 0 Å². The fraction of sp³-hybridized carbons (Fsp3) is 1.00. The second-order valence-electron chi connectivity index (χ2n) is 6.18. The van der Waals surface area contributed by atoms with E-state index in [9.17, 15) is 0 Å². The third-order valence-electron chi connectivity index (χ3n) is 4.42. The summed E-state index contributed by atoms with van der Waals surface area (Å²) >= 11 is 0. The summed E-state index contributed by atoms with van der Waals surface area (Å²) < 4.78 is 0. The lowest BCUT2D eigenvalue weighted by molar-refractivity contribution is 0.246. The topological polar surface area (TPSA) is 15.3 Å². The largest absolute Gasteiger partial charge is 0.313 e. The predicted octanol–water partition coefficient (Wildman–Crippen LogP) is 3.03. The van der Waals surface area contributed by atoms with Gasteiger partial charge < -0.3 is 5.32 Å². The molecule has 0 atom stereocenters. The molecule has 0 amide bonds. The lowest BCUT2D eigenvalue weighted by Gasteiger charge is -2.28. The van der Waals surface area contributed by atoms with Gasteiger partial charge in [-0.15, -0.1) is 0 Å². The van der Waals surface area contributed by atoms with Crippen LogP contribution in [-0.4, -0.2) is 36.6 Å². The van der Waals surface area contributed by atoms with Crippen molar-refractivity contribution in [2.75, 3.05) is 19.6 Å². The highest BCUT2D eigenvalue weighted by Crippen LogP contribution is 2.26. The van der Waals surface area contributed by atoms with E-state index in [1.165, 1.54) is 64.6 Å². The molecule has 100 valence electrons. The van der Waals surface area contributed by atoms with Crippen LogP contribution in [0.5, 0.6) is 0 Å². The molecule has 1 N–H and O–H groups in total. The Morgan fingerprint density at radius 2 is 1.71 bits per heavy atom. The molecule has 17 heavy (non-hydrogen) atoms. The van der Waals surface area contributed by atoms with Crippen molar-refractivity contribution in [1.82, 2.24) is 10.2 Å². The molecule has 0 aromatic rings. The minimum atomic E-state index is 0.814. The Kier molecular flexibility index (Phi) is 5.30. The molecule has 0 heterocycles. The molecule has 2 fully saturated rings. The number of nitrogens with one attached hydrogen (secondary N) is 1. The van der Waals surface area contributed by atoms with Crippen molar-refractivity contribution in [2.45, 2.75) is 70.9 Å². The summed E-state index contributed by atoms with van der Waals surface area (Å²) in [5.74, 6) is 0.969. The van der Waals surface area contributed by atoms with Gasteiger partial charge in [0, 0.05) is 25.2 Å². The van der Waals surface area contributed by atoms with Gasteiger partial charge in [-0.3, -0.25) is 4.90 Å².